The molecule has 0 aliphatic carbocycles. The summed E-state index contributed by atoms with van der Waals surface area (Å²) < 4.78 is 0. The fraction of sp³-hybridized carbons (Fsp3) is 0.320. The van der Waals surface area contributed by atoms with E-state index in [0.29, 0.717) is 12.1 Å². The minimum Gasteiger partial charge on any atom is -0.352 e. The summed E-state index contributed by atoms with van der Waals surface area (Å²) >= 11 is 0. The number of aromatic nitrogens is 1. The molecule has 3 rings (SSSR count). The van der Waals surface area contributed by atoms with E-state index in [2.05, 4.69) is 15.6 Å². The number of hydrogen-bond acceptors (Lipinski definition) is 3. The van der Waals surface area contributed by atoms with Crippen LogP contribution in [0.15, 0.2) is 48.5 Å². The maximum absolute atomic E-state index is 12.6. The van der Waals surface area contributed by atoms with E-state index in [1.54, 1.807) is 6.07 Å². The summed E-state index contributed by atoms with van der Waals surface area (Å²) in [5, 5.41) is 7.01. The number of aryl methyl sites for hydroxylation is 2. The minimum atomic E-state index is -0.0917. The Hall–Kier alpha value is -3.21. The van der Waals surface area contributed by atoms with Gasteiger partial charge in [0.25, 0.3) is 5.91 Å². The van der Waals surface area contributed by atoms with Gasteiger partial charge < -0.3 is 10.6 Å². The van der Waals surface area contributed by atoms with Crippen LogP contribution in [0.1, 0.15) is 53.0 Å². The fourth-order valence-corrected chi connectivity index (χ4v) is 3.49. The average Bonchev–Trinajstić information content (AvgIpc) is 2.75. The largest absolute Gasteiger partial charge is 0.352 e. The fourth-order valence-electron chi connectivity index (χ4n) is 3.49. The van der Waals surface area contributed by atoms with Gasteiger partial charge in [-0.05, 0) is 62.1 Å². The lowest BCUT2D eigenvalue weighted by atomic mass is 9.99. The third kappa shape index (κ3) is 5.03. The maximum Gasteiger partial charge on any atom is 0.251 e. The molecule has 1 unspecified atom stereocenters. The van der Waals surface area contributed by atoms with Gasteiger partial charge in [0, 0.05) is 29.2 Å². The third-order valence-electron chi connectivity index (χ3n) is 5.49. The molecule has 5 heteroatoms. The van der Waals surface area contributed by atoms with Crippen molar-refractivity contribution in [3.8, 4) is 0 Å². The molecule has 0 aliphatic rings. The first-order chi connectivity index (χ1) is 14.4. The van der Waals surface area contributed by atoms with Crippen molar-refractivity contribution in [1.29, 1.82) is 0 Å². The second kappa shape index (κ2) is 9.53. The number of carbonyl (C=O) groups excluding carboxylic acids is 2. The minimum absolute atomic E-state index is 0.0623. The Kier molecular flexibility index (Phi) is 6.83. The van der Waals surface area contributed by atoms with Crippen molar-refractivity contribution in [2.75, 3.05) is 0 Å². The van der Waals surface area contributed by atoms with Gasteiger partial charge in [-0.3, -0.25) is 14.6 Å². The molecule has 1 atom stereocenters. The van der Waals surface area contributed by atoms with Crippen molar-refractivity contribution >= 4 is 22.7 Å². The SMILES string of the molecule is CCC(C)NC(=O)c1cccc(CNC(=O)Cc2c(C)nc3ccccc3c2C)c1. The zero-order valence-corrected chi connectivity index (χ0v) is 18.1. The number of nitrogens with one attached hydrogen (secondary N) is 2. The van der Waals surface area contributed by atoms with E-state index >= 15 is 0 Å². The predicted molar refractivity (Wildman–Crippen MR) is 120 cm³/mol. The van der Waals surface area contributed by atoms with Gasteiger partial charge in [-0.25, -0.2) is 0 Å². The van der Waals surface area contributed by atoms with Crippen LogP contribution >= 0.6 is 0 Å². The Bertz CT molecular complexity index is 1080. The van der Waals surface area contributed by atoms with Crippen LogP contribution in [0.5, 0.6) is 0 Å². The monoisotopic (exact) mass is 403 g/mol. The first-order valence-corrected chi connectivity index (χ1v) is 10.4. The molecule has 2 amide bonds. The summed E-state index contributed by atoms with van der Waals surface area (Å²) in [6.07, 6.45) is 1.16. The smallest absolute Gasteiger partial charge is 0.251 e. The zero-order chi connectivity index (χ0) is 21.7. The average molecular weight is 404 g/mol. The summed E-state index contributed by atoms with van der Waals surface area (Å²) in [6, 6.07) is 15.5. The molecule has 0 saturated heterocycles. The molecular weight excluding hydrogens is 374 g/mol. The van der Waals surface area contributed by atoms with Crippen LogP contribution in [0.3, 0.4) is 0 Å². The molecule has 0 spiro atoms. The van der Waals surface area contributed by atoms with E-state index in [9.17, 15) is 9.59 Å². The standard InChI is InChI=1S/C25H29N3O2/c1-5-16(2)27-25(30)20-10-8-9-19(13-20)15-26-24(29)14-22-17(3)21-11-6-7-12-23(21)28-18(22)4/h6-13,16H,5,14-15H2,1-4H3,(H,26,29)(H,27,30). The number of hydrogen-bond donors (Lipinski definition) is 2. The molecule has 3 aromatic rings. The van der Waals surface area contributed by atoms with Gasteiger partial charge in [-0.15, -0.1) is 0 Å². The molecule has 156 valence electrons. The van der Waals surface area contributed by atoms with Crippen LogP contribution in [0.25, 0.3) is 10.9 Å². The van der Waals surface area contributed by atoms with Crippen LogP contribution in [-0.2, 0) is 17.8 Å². The van der Waals surface area contributed by atoms with E-state index < -0.39 is 0 Å². The molecule has 0 saturated carbocycles. The van der Waals surface area contributed by atoms with E-state index in [4.69, 9.17) is 0 Å². The summed E-state index contributed by atoms with van der Waals surface area (Å²) in [5.41, 5.74) is 5.39. The van der Waals surface area contributed by atoms with Gasteiger partial charge in [0.2, 0.25) is 5.91 Å². The molecular formula is C25H29N3O2. The van der Waals surface area contributed by atoms with Gasteiger partial charge in [-0.1, -0.05) is 37.3 Å². The van der Waals surface area contributed by atoms with Crippen LogP contribution in [-0.4, -0.2) is 22.8 Å². The highest BCUT2D eigenvalue weighted by Crippen LogP contribution is 2.22. The van der Waals surface area contributed by atoms with Gasteiger partial charge in [-0.2, -0.15) is 0 Å². The number of fused-ring (bicyclic) bond motifs is 1. The molecule has 0 radical (unpaired) electrons. The molecule has 1 heterocycles. The second-order valence-corrected chi connectivity index (χ2v) is 7.75. The third-order valence-corrected chi connectivity index (χ3v) is 5.49. The summed E-state index contributed by atoms with van der Waals surface area (Å²) in [5.74, 6) is -0.154. The maximum atomic E-state index is 12.6. The summed E-state index contributed by atoms with van der Waals surface area (Å²) in [6.45, 7) is 8.38. The molecule has 1 aromatic heterocycles. The Morgan fingerprint density at radius 2 is 1.83 bits per heavy atom. The first-order valence-electron chi connectivity index (χ1n) is 10.4. The molecule has 30 heavy (non-hydrogen) atoms. The van der Waals surface area contributed by atoms with Gasteiger partial charge in [0.05, 0.1) is 11.9 Å². The van der Waals surface area contributed by atoms with Crippen molar-refractivity contribution < 1.29 is 9.59 Å². The summed E-state index contributed by atoms with van der Waals surface area (Å²) in [4.78, 5) is 29.6. The number of pyridine rings is 1. The Morgan fingerprint density at radius 1 is 1.07 bits per heavy atom. The Labute approximate surface area is 177 Å². The van der Waals surface area contributed by atoms with E-state index in [1.807, 2.05) is 70.2 Å². The van der Waals surface area contributed by atoms with Gasteiger partial charge >= 0.3 is 0 Å². The highest BCUT2D eigenvalue weighted by atomic mass is 16.2. The number of amides is 2. The quantitative estimate of drug-likeness (QED) is 0.620. The van der Waals surface area contributed by atoms with Gasteiger partial charge in [0.15, 0.2) is 0 Å². The number of nitrogens with zero attached hydrogens (tertiary/aromatic N) is 1. The molecule has 5 nitrogen and oxygen atoms in total. The van der Waals surface area contributed by atoms with Crippen molar-refractivity contribution in [3.05, 3.63) is 76.5 Å². The number of rotatable bonds is 7. The molecule has 0 bridgehead atoms. The van der Waals surface area contributed by atoms with E-state index in [1.165, 1.54) is 0 Å². The van der Waals surface area contributed by atoms with Crippen molar-refractivity contribution in [1.82, 2.24) is 15.6 Å². The van der Waals surface area contributed by atoms with Crippen LogP contribution in [0.4, 0.5) is 0 Å². The van der Waals surface area contributed by atoms with E-state index in [0.717, 1.165) is 39.7 Å². The predicted octanol–water partition coefficient (Wildman–Crippen LogP) is 4.24. The number of para-hydroxylation sites is 1. The van der Waals surface area contributed by atoms with Crippen molar-refractivity contribution in [2.45, 2.75) is 53.1 Å². The van der Waals surface area contributed by atoms with Crippen molar-refractivity contribution in [2.24, 2.45) is 0 Å². The normalized spacial score (nSPS) is 11.9. The summed E-state index contributed by atoms with van der Waals surface area (Å²) in [7, 11) is 0. The zero-order valence-electron chi connectivity index (χ0n) is 18.1. The second-order valence-electron chi connectivity index (χ2n) is 7.75. The lowest BCUT2D eigenvalue weighted by molar-refractivity contribution is -0.120. The Balaban J connectivity index is 1.66. The van der Waals surface area contributed by atoms with Crippen molar-refractivity contribution in [3.63, 3.8) is 0 Å². The van der Waals surface area contributed by atoms with Crippen LogP contribution < -0.4 is 10.6 Å². The molecule has 0 fully saturated rings. The highest BCUT2D eigenvalue weighted by molar-refractivity contribution is 5.94. The molecule has 2 aromatic carbocycles. The lowest BCUT2D eigenvalue weighted by Crippen LogP contribution is -2.32. The van der Waals surface area contributed by atoms with Crippen LogP contribution in [0.2, 0.25) is 0 Å². The highest BCUT2D eigenvalue weighted by Gasteiger charge is 2.13. The Morgan fingerprint density at radius 3 is 2.60 bits per heavy atom. The number of carbonyl (C=O) groups is 2. The lowest BCUT2D eigenvalue weighted by Gasteiger charge is -2.13. The molecule has 0 aliphatic heterocycles. The molecule has 2 N–H and O–H groups in total. The number of benzene rings is 2. The van der Waals surface area contributed by atoms with Crippen LogP contribution in [0, 0.1) is 13.8 Å². The topological polar surface area (TPSA) is 71.1 Å². The van der Waals surface area contributed by atoms with E-state index in [-0.39, 0.29) is 24.3 Å². The van der Waals surface area contributed by atoms with Gasteiger partial charge in [0.1, 0.15) is 0 Å². The first kappa shape index (κ1) is 21.5.